The zero-order valence-corrected chi connectivity index (χ0v) is 13.9. The highest BCUT2D eigenvalue weighted by atomic mass is 79.9. The Morgan fingerprint density at radius 3 is 2.76 bits per heavy atom. The number of hydrogen-bond donors (Lipinski definition) is 1. The van der Waals surface area contributed by atoms with Gasteiger partial charge in [0.15, 0.2) is 0 Å². The van der Waals surface area contributed by atoms with Gasteiger partial charge in [-0.2, -0.15) is 5.10 Å². The lowest BCUT2D eigenvalue weighted by atomic mass is 10.0. The Labute approximate surface area is 132 Å². The third-order valence-electron chi connectivity index (χ3n) is 3.52. The van der Waals surface area contributed by atoms with E-state index in [4.69, 9.17) is 10.5 Å². The van der Waals surface area contributed by atoms with Crippen LogP contribution in [0.4, 0.5) is 4.39 Å². The molecule has 0 aliphatic heterocycles. The van der Waals surface area contributed by atoms with Gasteiger partial charge in [-0.25, -0.2) is 4.39 Å². The van der Waals surface area contributed by atoms with E-state index in [0.29, 0.717) is 17.7 Å². The summed E-state index contributed by atoms with van der Waals surface area (Å²) >= 11 is 3.55. The summed E-state index contributed by atoms with van der Waals surface area (Å²) in [5, 5.41) is 4.43. The molecule has 1 heterocycles. The second-order valence-corrected chi connectivity index (χ2v) is 5.64. The average Bonchev–Trinajstić information content (AvgIpc) is 2.74. The highest BCUT2D eigenvalue weighted by Crippen LogP contribution is 2.31. The molecule has 0 fully saturated rings. The molecule has 2 rings (SSSR count). The Balaban J connectivity index is 2.35. The van der Waals surface area contributed by atoms with Crippen LogP contribution in [0.1, 0.15) is 29.9 Å². The van der Waals surface area contributed by atoms with Crippen LogP contribution < -0.4 is 10.5 Å². The Morgan fingerprint density at radius 1 is 1.48 bits per heavy atom. The van der Waals surface area contributed by atoms with Crippen molar-refractivity contribution in [3.63, 3.8) is 0 Å². The van der Waals surface area contributed by atoms with Gasteiger partial charge in [0.2, 0.25) is 0 Å². The van der Waals surface area contributed by atoms with Crippen LogP contribution in [-0.2, 0) is 19.9 Å². The molecule has 1 aromatic heterocycles. The maximum Gasteiger partial charge on any atom is 0.131 e. The molecule has 0 saturated heterocycles. The molecule has 4 nitrogen and oxygen atoms in total. The summed E-state index contributed by atoms with van der Waals surface area (Å²) in [7, 11) is 3.38. The van der Waals surface area contributed by atoms with Crippen molar-refractivity contribution < 1.29 is 9.13 Å². The van der Waals surface area contributed by atoms with E-state index in [1.165, 1.54) is 13.2 Å². The predicted octanol–water partition coefficient (Wildman–Crippen LogP) is 3.14. The molecule has 1 atom stereocenters. The minimum Gasteiger partial charge on any atom is -0.496 e. The van der Waals surface area contributed by atoms with Crippen molar-refractivity contribution in [2.45, 2.75) is 25.8 Å². The number of nitrogens with zero attached hydrogens (tertiary/aromatic N) is 2. The van der Waals surface area contributed by atoms with E-state index in [2.05, 4.69) is 21.0 Å². The number of benzene rings is 1. The minimum atomic E-state index is -0.502. The average molecular weight is 356 g/mol. The number of methoxy groups -OCH3 is 1. The fraction of sp³-hybridized carbons (Fsp3) is 0.400. The third kappa shape index (κ3) is 3.11. The van der Waals surface area contributed by atoms with Crippen molar-refractivity contribution in [1.29, 1.82) is 0 Å². The molecule has 0 aliphatic carbocycles. The molecule has 1 unspecified atom stereocenters. The quantitative estimate of drug-likeness (QED) is 0.896. The normalized spacial score (nSPS) is 12.5. The smallest absolute Gasteiger partial charge is 0.131 e. The monoisotopic (exact) mass is 355 g/mol. The molecule has 2 N–H and O–H groups in total. The summed E-state index contributed by atoms with van der Waals surface area (Å²) in [6.07, 6.45) is 1.30. The standard InChI is InChI=1S/C15H19BrFN3O/c1-4-11-15(16)12(20(2)19-11)8-10(18)14-9(17)6-5-7-13(14)21-3/h5-7,10H,4,8,18H2,1-3H3. The topological polar surface area (TPSA) is 53.1 Å². The van der Waals surface area contributed by atoms with Crippen molar-refractivity contribution in [1.82, 2.24) is 9.78 Å². The molecule has 0 radical (unpaired) electrons. The molecule has 114 valence electrons. The molecule has 6 heteroatoms. The van der Waals surface area contributed by atoms with Crippen LogP contribution in [0.5, 0.6) is 5.75 Å². The van der Waals surface area contributed by atoms with Gasteiger partial charge in [-0.05, 0) is 34.5 Å². The van der Waals surface area contributed by atoms with Crippen molar-refractivity contribution in [2.75, 3.05) is 7.11 Å². The zero-order chi connectivity index (χ0) is 15.6. The van der Waals surface area contributed by atoms with Gasteiger partial charge in [0.25, 0.3) is 0 Å². The molecule has 0 amide bonds. The fourth-order valence-corrected chi connectivity index (χ4v) is 3.19. The van der Waals surface area contributed by atoms with E-state index >= 15 is 0 Å². The van der Waals surface area contributed by atoms with Crippen molar-refractivity contribution in [3.05, 3.63) is 45.4 Å². The van der Waals surface area contributed by atoms with Crippen LogP contribution in [0, 0.1) is 5.82 Å². The van der Waals surface area contributed by atoms with Gasteiger partial charge in [0.1, 0.15) is 11.6 Å². The van der Waals surface area contributed by atoms with Gasteiger partial charge < -0.3 is 10.5 Å². The number of rotatable bonds is 5. The maximum atomic E-state index is 14.1. The van der Waals surface area contributed by atoms with Gasteiger partial charge in [0, 0.05) is 25.1 Å². The molecule has 1 aromatic carbocycles. The van der Waals surface area contributed by atoms with Gasteiger partial charge in [-0.3, -0.25) is 4.68 Å². The number of nitrogens with two attached hydrogens (primary N) is 1. The van der Waals surface area contributed by atoms with Crippen molar-refractivity contribution >= 4 is 15.9 Å². The van der Waals surface area contributed by atoms with Gasteiger partial charge in [0.05, 0.1) is 23.0 Å². The number of ether oxygens (including phenoxy) is 1. The molecule has 21 heavy (non-hydrogen) atoms. The van der Waals surface area contributed by atoms with Crippen LogP contribution in [0.3, 0.4) is 0 Å². The van der Waals surface area contributed by atoms with Gasteiger partial charge >= 0.3 is 0 Å². The molecule has 0 spiro atoms. The molecule has 0 aliphatic rings. The Hall–Kier alpha value is -1.40. The van der Waals surface area contributed by atoms with E-state index in [0.717, 1.165) is 22.3 Å². The number of aryl methyl sites for hydroxylation is 2. The number of aromatic nitrogens is 2. The van der Waals surface area contributed by atoms with Crippen LogP contribution >= 0.6 is 15.9 Å². The third-order valence-corrected chi connectivity index (χ3v) is 4.44. The van der Waals surface area contributed by atoms with E-state index in [9.17, 15) is 4.39 Å². The summed E-state index contributed by atoms with van der Waals surface area (Å²) in [6, 6.07) is 4.22. The molecule has 0 saturated carbocycles. The molecular weight excluding hydrogens is 337 g/mol. The summed E-state index contributed by atoms with van der Waals surface area (Å²) in [4.78, 5) is 0. The SMILES string of the molecule is CCc1nn(C)c(CC(N)c2c(F)cccc2OC)c1Br. The summed E-state index contributed by atoms with van der Waals surface area (Å²) in [5.41, 5.74) is 8.53. The first-order valence-corrected chi connectivity index (χ1v) is 7.57. The van der Waals surface area contributed by atoms with E-state index in [1.54, 1.807) is 16.8 Å². The predicted molar refractivity (Wildman–Crippen MR) is 83.9 cm³/mol. The molecule has 0 bridgehead atoms. The first-order chi connectivity index (χ1) is 9.99. The Bertz CT molecular complexity index is 642. The van der Waals surface area contributed by atoms with E-state index in [-0.39, 0.29) is 5.82 Å². The summed E-state index contributed by atoms with van der Waals surface area (Å²) in [6.45, 7) is 2.04. The largest absolute Gasteiger partial charge is 0.496 e. The van der Waals surface area contributed by atoms with E-state index < -0.39 is 6.04 Å². The summed E-state index contributed by atoms with van der Waals surface area (Å²) in [5.74, 6) is 0.118. The summed E-state index contributed by atoms with van der Waals surface area (Å²) < 4.78 is 22.0. The second-order valence-electron chi connectivity index (χ2n) is 4.85. The maximum absolute atomic E-state index is 14.1. The van der Waals surface area contributed by atoms with Crippen LogP contribution in [0.15, 0.2) is 22.7 Å². The lowest BCUT2D eigenvalue weighted by molar-refractivity contribution is 0.398. The zero-order valence-electron chi connectivity index (χ0n) is 12.4. The van der Waals surface area contributed by atoms with E-state index in [1.807, 2.05) is 14.0 Å². The first-order valence-electron chi connectivity index (χ1n) is 6.77. The highest BCUT2D eigenvalue weighted by molar-refractivity contribution is 9.10. The van der Waals surface area contributed by atoms with Crippen molar-refractivity contribution in [2.24, 2.45) is 12.8 Å². The number of hydrogen-bond acceptors (Lipinski definition) is 3. The van der Waals surface area contributed by atoms with Gasteiger partial charge in [-0.1, -0.05) is 13.0 Å². The first kappa shape index (κ1) is 16.0. The fourth-order valence-electron chi connectivity index (χ4n) is 2.41. The van der Waals surface area contributed by atoms with Crippen LogP contribution in [0.2, 0.25) is 0 Å². The lowest BCUT2D eigenvalue weighted by Gasteiger charge is -2.17. The van der Waals surface area contributed by atoms with Crippen LogP contribution in [-0.4, -0.2) is 16.9 Å². The van der Waals surface area contributed by atoms with Crippen molar-refractivity contribution in [3.8, 4) is 5.75 Å². The lowest BCUT2D eigenvalue weighted by Crippen LogP contribution is -2.18. The Morgan fingerprint density at radius 2 is 2.19 bits per heavy atom. The Kier molecular flexibility index (Phi) is 5.00. The minimum absolute atomic E-state index is 0.351. The molecular formula is C15H19BrFN3O. The van der Waals surface area contributed by atoms with Crippen LogP contribution in [0.25, 0.3) is 0 Å². The van der Waals surface area contributed by atoms with Gasteiger partial charge in [-0.15, -0.1) is 0 Å². The molecule has 2 aromatic rings. The second kappa shape index (κ2) is 6.58. The number of halogens is 2. The highest BCUT2D eigenvalue weighted by Gasteiger charge is 2.21.